The van der Waals surface area contributed by atoms with Crippen LogP contribution in [0.15, 0.2) is 35.5 Å². The van der Waals surface area contributed by atoms with E-state index in [1.807, 2.05) is 0 Å². The Hall–Kier alpha value is -2.68. The number of carbonyl (C=O) groups excluding carboxylic acids is 1. The highest BCUT2D eigenvalue weighted by Gasteiger charge is 2.18. The number of anilines is 2. The van der Waals surface area contributed by atoms with Gasteiger partial charge in [-0.15, -0.1) is 0 Å². The van der Waals surface area contributed by atoms with E-state index in [0.717, 1.165) is 0 Å². The molecule has 0 saturated carbocycles. The molecule has 0 fully saturated rings. The summed E-state index contributed by atoms with van der Waals surface area (Å²) in [5.74, 6) is -0.376. The zero-order valence-electron chi connectivity index (χ0n) is 12.9. The molecule has 8 nitrogen and oxygen atoms in total. The predicted octanol–water partition coefficient (Wildman–Crippen LogP) is 3.75. The van der Waals surface area contributed by atoms with Crippen molar-refractivity contribution in [2.45, 2.75) is 0 Å². The topological polar surface area (TPSA) is 122 Å². The Balaban J connectivity index is 1.92. The van der Waals surface area contributed by atoms with Crippen LogP contribution in [0.2, 0.25) is 15.3 Å². The lowest BCUT2D eigenvalue weighted by atomic mass is 10.2. The molecule has 0 saturated heterocycles. The molecule has 26 heavy (non-hydrogen) atoms. The summed E-state index contributed by atoms with van der Waals surface area (Å²) < 4.78 is 0. The van der Waals surface area contributed by atoms with Gasteiger partial charge in [-0.1, -0.05) is 40.9 Å². The molecule has 0 bridgehead atoms. The standard InChI is InChI=1S/C15H10Cl3N7O/c16-7-2-1-3-8(4-7)22-15-11(13(19)26)14(24-25-15)21-5-9-12(18)23-10(17)6-20-9/h1-6H,(H2,19,26)(H2,22,24,25). The number of hydrogen-bond acceptors (Lipinski definition) is 6. The van der Waals surface area contributed by atoms with Crippen molar-refractivity contribution in [2.75, 3.05) is 5.32 Å². The van der Waals surface area contributed by atoms with Gasteiger partial charge >= 0.3 is 0 Å². The third-order valence-electron chi connectivity index (χ3n) is 3.12. The summed E-state index contributed by atoms with van der Waals surface area (Å²) in [5, 5.41) is 10.4. The van der Waals surface area contributed by atoms with E-state index in [4.69, 9.17) is 40.5 Å². The van der Waals surface area contributed by atoms with Crippen LogP contribution in [0.25, 0.3) is 0 Å². The maximum atomic E-state index is 11.8. The van der Waals surface area contributed by atoms with Crippen LogP contribution in [-0.4, -0.2) is 32.3 Å². The third kappa shape index (κ3) is 4.10. The van der Waals surface area contributed by atoms with Crippen LogP contribution in [0.1, 0.15) is 16.1 Å². The van der Waals surface area contributed by atoms with Crippen molar-refractivity contribution in [3.8, 4) is 0 Å². The van der Waals surface area contributed by atoms with Crippen LogP contribution in [0.5, 0.6) is 0 Å². The van der Waals surface area contributed by atoms with Gasteiger partial charge < -0.3 is 11.1 Å². The van der Waals surface area contributed by atoms with Crippen molar-refractivity contribution >= 4 is 64.2 Å². The van der Waals surface area contributed by atoms with Gasteiger partial charge in [0, 0.05) is 10.7 Å². The van der Waals surface area contributed by atoms with Crippen LogP contribution >= 0.6 is 34.8 Å². The highest BCUT2D eigenvalue weighted by molar-refractivity contribution is 6.33. The van der Waals surface area contributed by atoms with Gasteiger partial charge in [-0.2, -0.15) is 5.10 Å². The number of carbonyl (C=O) groups is 1. The molecular weight excluding hydrogens is 401 g/mol. The van der Waals surface area contributed by atoms with Gasteiger partial charge in [-0.25, -0.2) is 15.0 Å². The summed E-state index contributed by atoms with van der Waals surface area (Å²) in [6.45, 7) is 0. The Kier molecular flexibility index (Phi) is 5.36. The summed E-state index contributed by atoms with van der Waals surface area (Å²) in [4.78, 5) is 23.8. The van der Waals surface area contributed by atoms with Gasteiger partial charge in [0.1, 0.15) is 22.2 Å². The Morgan fingerprint density at radius 1 is 1.31 bits per heavy atom. The number of nitrogens with two attached hydrogens (primary N) is 1. The Morgan fingerprint density at radius 2 is 2.12 bits per heavy atom. The summed E-state index contributed by atoms with van der Waals surface area (Å²) in [6.07, 6.45) is 2.62. The molecule has 0 aliphatic carbocycles. The van der Waals surface area contributed by atoms with E-state index in [0.29, 0.717) is 10.7 Å². The quantitative estimate of drug-likeness (QED) is 0.553. The normalized spacial score (nSPS) is 11.0. The largest absolute Gasteiger partial charge is 0.365 e. The van der Waals surface area contributed by atoms with E-state index in [9.17, 15) is 4.79 Å². The fourth-order valence-electron chi connectivity index (χ4n) is 2.03. The van der Waals surface area contributed by atoms with Gasteiger partial charge in [0.2, 0.25) is 0 Å². The highest BCUT2D eigenvalue weighted by Crippen LogP contribution is 2.27. The molecule has 2 heterocycles. The number of hydrogen-bond donors (Lipinski definition) is 3. The van der Waals surface area contributed by atoms with E-state index in [2.05, 4.69) is 30.5 Å². The number of benzene rings is 1. The third-order valence-corrected chi connectivity index (χ3v) is 3.82. The number of rotatable bonds is 5. The molecule has 0 unspecified atom stereocenters. The molecule has 1 aromatic carbocycles. The Bertz CT molecular complexity index is 1000. The maximum Gasteiger partial charge on any atom is 0.256 e. The van der Waals surface area contributed by atoms with Crippen LogP contribution in [0.3, 0.4) is 0 Å². The molecule has 0 spiro atoms. The number of H-pyrrole nitrogens is 1. The van der Waals surface area contributed by atoms with E-state index in [1.54, 1.807) is 24.3 Å². The molecule has 3 aromatic rings. The van der Waals surface area contributed by atoms with Gasteiger partial charge in [-0.05, 0) is 18.2 Å². The van der Waals surface area contributed by atoms with E-state index in [1.165, 1.54) is 12.4 Å². The maximum absolute atomic E-state index is 11.8. The van der Waals surface area contributed by atoms with Gasteiger partial charge in [0.05, 0.1) is 12.4 Å². The highest BCUT2D eigenvalue weighted by atomic mass is 35.5. The van der Waals surface area contributed by atoms with Crippen molar-refractivity contribution in [2.24, 2.45) is 10.7 Å². The SMILES string of the molecule is NC(=O)c1c(N=Cc2ncc(Cl)nc2Cl)n[nH]c1Nc1cccc(Cl)c1. The molecule has 0 aliphatic rings. The van der Waals surface area contributed by atoms with Crippen LogP contribution < -0.4 is 11.1 Å². The first-order chi connectivity index (χ1) is 12.4. The minimum absolute atomic E-state index is 0.0645. The van der Waals surface area contributed by atoms with Crippen molar-refractivity contribution in [3.05, 3.63) is 57.0 Å². The minimum atomic E-state index is -0.719. The monoisotopic (exact) mass is 409 g/mol. The summed E-state index contributed by atoms with van der Waals surface area (Å²) >= 11 is 17.6. The number of halogens is 3. The smallest absolute Gasteiger partial charge is 0.256 e. The molecular formula is C15H10Cl3N7O. The second-order valence-electron chi connectivity index (χ2n) is 4.92. The van der Waals surface area contributed by atoms with Crippen molar-refractivity contribution in [1.82, 2.24) is 20.2 Å². The van der Waals surface area contributed by atoms with E-state index < -0.39 is 5.91 Å². The lowest BCUT2D eigenvalue weighted by Gasteiger charge is -2.05. The molecule has 4 N–H and O–H groups in total. The molecule has 0 aliphatic heterocycles. The van der Waals surface area contributed by atoms with E-state index in [-0.39, 0.29) is 33.2 Å². The molecule has 1 amide bonds. The van der Waals surface area contributed by atoms with Gasteiger partial charge in [0.25, 0.3) is 5.91 Å². The van der Waals surface area contributed by atoms with Crippen molar-refractivity contribution in [3.63, 3.8) is 0 Å². The number of nitrogens with one attached hydrogen (secondary N) is 2. The number of aliphatic imine (C=N–C) groups is 1. The predicted molar refractivity (Wildman–Crippen MR) is 101 cm³/mol. The van der Waals surface area contributed by atoms with Gasteiger partial charge in [0.15, 0.2) is 11.0 Å². The van der Waals surface area contributed by atoms with Crippen LogP contribution in [0, 0.1) is 0 Å². The molecule has 0 radical (unpaired) electrons. The molecule has 11 heteroatoms. The first-order valence-electron chi connectivity index (χ1n) is 7.07. The average Bonchev–Trinajstić information content (AvgIpc) is 2.97. The van der Waals surface area contributed by atoms with Crippen LogP contribution in [0.4, 0.5) is 17.3 Å². The van der Waals surface area contributed by atoms with Crippen LogP contribution in [-0.2, 0) is 0 Å². The number of amides is 1. The first-order valence-corrected chi connectivity index (χ1v) is 8.20. The summed E-state index contributed by atoms with van der Waals surface area (Å²) in [7, 11) is 0. The zero-order chi connectivity index (χ0) is 18.7. The number of nitrogens with zero attached hydrogens (tertiary/aromatic N) is 4. The lowest BCUT2D eigenvalue weighted by molar-refractivity contribution is 0.100. The fourth-order valence-corrected chi connectivity index (χ4v) is 2.58. The number of aromatic amines is 1. The second kappa shape index (κ2) is 7.69. The second-order valence-corrected chi connectivity index (χ2v) is 6.11. The molecule has 0 atom stereocenters. The Morgan fingerprint density at radius 3 is 2.81 bits per heavy atom. The molecule has 2 aromatic heterocycles. The Labute approximate surface area is 162 Å². The van der Waals surface area contributed by atoms with E-state index >= 15 is 0 Å². The molecule has 132 valence electrons. The summed E-state index contributed by atoms with van der Waals surface area (Å²) in [6, 6.07) is 6.93. The summed E-state index contributed by atoms with van der Waals surface area (Å²) in [5.41, 5.74) is 6.43. The first kappa shape index (κ1) is 18.1. The lowest BCUT2D eigenvalue weighted by Crippen LogP contribution is -2.12. The van der Waals surface area contributed by atoms with Gasteiger partial charge in [-0.3, -0.25) is 9.89 Å². The number of aromatic nitrogens is 4. The number of primary amides is 1. The van der Waals surface area contributed by atoms with Crippen molar-refractivity contribution in [1.29, 1.82) is 0 Å². The van der Waals surface area contributed by atoms with Crippen molar-refractivity contribution < 1.29 is 4.79 Å². The molecule has 3 rings (SSSR count). The zero-order valence-corrected chi connectivity index (χ0v) is 15.1. The fraction of sp³-hybridized carbons (Fsp3) is 0. The minimum Gasteiger partial charge on any atom is -0.365 e. The average molecular weight is 411 g/mol.